The molecule has 2 rings (SSSR count). The minimum Gasteiger partial charge on any atom is -0.218 e. The molecule has 0 spiro atoms. The molecule has 0 aliphatic heterocycles. The summed E-state index contributed by atoms with van der Waals surface area (Å²) < 4.78 is 1.80. The lowest BCUT2D eigenvalue weighted by Crippen LogP contribution is -2.03. The molecule has 88 valence electrons. The summed E-state index contributed by atoms with van der Waals surface area (Å²) in [5.41, 5.74) is 2.04. The van der Waals surface area contributed by atoms with Crippen molar-refractivity contribution in [3.05, 3.63) is 42.2 Å². The number of hydrogen-bond donors (Lipinski definition) is 0. The first kappa shape index (κ1) is 11.9. The van der Waals surface area contributed by atoms with Gasteiger partial charge in [-0.3, -0.25) is 0 Å². The Morgan fingerprint density at radius 3 is 2.71 bits per heavy atom. The molecule has 0 unspecified atom stereocenters. The van der Waals surface area contributed by atoms with E-state index in [0.717, 1.165) is 28.0 Å². The quantitative estimate of drug-likeness (QED) is 0.614. The maximum atomic E-state index is 4.36. The Morgan fingerprint density at radius 1 is 1.35 bits per heavy atom. The van der Waals surface area contributed by atoms with Gasteiger partial charge in [-0.1, -0.05) is 6.08 Å². The van der Waals surface area contributed by atoms with Crippen molar-refractivity contribution in [3.63, 3.8) is 0 Å². The molecule has 4 nitrogen and oxygen atoms in total. The molecule has 2 aromatic heterocycles. The molecule has 0 saturated heterocycles. The third-order valence-corrected chi connectivity index (χ3v) is 3.12. The maximum absolute atomic E-state index is 4.36. The van der Waals surface area contributed by atoms with E-state index in [-0.39, 0.29) is 0 Å². The molecule has 0 bridgehead atoms. The lowest BCUT2D eigenvalue weighted by molar-refractivity contribution is 0.765. The van der Waals surface area contributed by atoms with Crippen molar-refractivity contribution in [2.75, 3.05) is 5.75 Å². The molecule has 0 aromatic carbocycles. The van der Waals surface area contributed by atoms with Crippen molar-refractivity contribution < 1.29 is 0 Å². The first-order chi connectivity index (χ1) is 8.20. The van der Waals surface area contributed by atoms with E-state index in [0.29, 0.717) is 0 Å². The van der Waals surface area contributed by atoms with Crippen molar-refractivity contribution in [3.8, 4) is 5.82 Å². The van der Waals surface area contributed by atoms with Gasteiger partial charge in [-0.25, -0.2) is 4.68 Å². The Bertz CT molecular complexity index is 516. The highest BCUT2D eigenvalue weighted by Gasteiger charge is 2.05. The van der Waals surface area contributed by atoms with E-state index in [4.69, 9.17) is 0 Å². The lowest BCUT2D eigenvalue weighted by Gasteiger charge is -2.02. The number of hydrogen-bond acceptors (Lipinski definition) is 4. The Morgan fingerprint density at radius 2 is 2.18 bits per heavy atom. The highest BCUT2D eigenvalue weighted by atomic mass is 32.2. The largest absolute Gasteiger partial charge is 0.218 e. The van der Waals surface area contributed by atoms with Gasteiger partial charge in [-0.15, -0.1) is 28.5 Å². The van der Waals surface area contributed by atoms with Gasteiger partial charge in [0.25, 0.3) is 0 Å². The van der Waals surface area contributed by atoms with Crippen LogP contribution in [-0.2, 0) is 0 Å². The summed E-state index contributed by atoms with van der Waals surface area (Å²) in [6.45, 7) is 7.64. The fourth-order valence-electron chi connectivity index (χ4n) is 1.51. The number of thioether (sulfide) groups is 1. The highest BCUT2D eigenvalue weighted by Crippen LogP contribution is 2.15. The predicted molar refractivity (Wildman–Crippen MR) is 69.5 cm³/mol. The summed E-state index contributed by atoms with van der Waals surface area (Å²) in [5, 5.41) is 13.6. The van der Waals surface area contributed by atoms with Crippen LogP contribution < -0.4 is 0 Å². The van der Waals surface area contributed by atoms with Crippen LogP contribution in [0.1, 0.15) is 11.4 Å². The van der Waals surface area contributed by atoms with Crippen LogP contribution in [0.3, 0.4) is 0 Å². The van der Waals surface area contributed by atoms with Crippen LogP contribution in [0.25, 0.3) is 5.82 Å². The topological polar surface area (TPSA) is 43.6 Å². The summed E-state index contributed by atoms with van der Waals surface area (Å²) in [7, 11) is 0. The van der Waals surface area contributed by atoms with Gasteiger partial charge in [0.05, 0.1) is 5.69 Å². The number of aryl methyl sites for hydroxylation is 2. The summed E-state index contributed by atoms with van der Waals surface area (Å²) in [4.78, 5) is 0. The first-order valence-electron chi connectivity index (χ1n) is 5.32. The average molecular weight is 246 g/mol. The van der Waals surface area contributed by atoms with Crippen LogP contribution in [0.2, 0.25) is 0 Å². The van der Waals surface area contributed by atoms with Crippen molar-refractivity contribution in [2.24, 2.45) is 0 Å². The van der Waals surface area contributed by atoms with E-state index in [1.54, 1.807) is 16.4 Å². The molecule has 0 aliphatic rings. The van der Waals surface area contributed by atoms with Gasteiger partial charge in [0.2, 0.25) is 0 Å². The third kappa shape index (κ3) is 2.74. The molecule has 2 aromatic rings. The van der Waals surface area contributed by atoms with Crippen LogP contribution in [0, 0.1) is 13.8 Å². The Hall–Kier alpha value is -1.62. The molecule has 0 atom stereocenters. The van der Waals surface area contributed by atoms with E-state index in [1.807, 2.05) is 38.1 Å². The van der Waals surface area contributed by atoms with E-state index in [1.165, 1.54) is 0 Å². The number of rotatable bonds is 4. The zero-order valence-electron chi connectivity index (χ0n) is 9.92. The van der Waals surface area contributed by atoms with Crippen molar-refractivity contribution >= 4 is 11.8 Å². The lowest BCUT2D eigenvalue weighted by atomic mass is 10.4. The van der Waals surface area contributed by atoms with Crippen LogP contribution >= 0.6 is 11.8 Å². The van der Waals surface area contributed by atoms with Crippen molar-refractivity contribution in [1.29, 1.82) is 0 Å². The molecule has 0 saturated carbocycles. The van der Waals surface area contributed by atoms with Crippen LogP contribution in [0.5, 0.6) is 0 Å². The van der Waals surface area contributed by atoms with Gasteiger partial charge in [-0.2, -0.15) is 5.10 Å². The second-order valence-electron chi connectivity index (χ2n) is 3.67. The molecular formula is C12H14N4S. The fourth-order valence-corrected chi connectivity index (χ4v) is 2.06. The third-order valence-electron chi connectivity index (χ3n) is 2.20. The van der Waals surface area contributed by atoms with Gasteiger partial charge >= 0.3 is 0 Å². The number of aromatic nitrogens is 4. The number of nitrogens with zero attached hydrogens (tertiary/aromatic N) is 4. The fraction of sp³-hybridized carbons (Fsp3) is 0.250. The summed E-state index contributed by atoms with van der Waals surface area (Å²) in [5.74, 6) is 1.59. The first-order valence-corrected chi connectivity index (χ1v) is 6.30. The van der Waals surface area contributed by atoms with Gasteiger partial charge in [-0.05, 0) is 32.0 Å². The maximum Gasteiger partial charge on any atom is 0.175 e. The van der Waals surface area contributed by atoms with E-state index < -0.39 is 0 Å². The van der Waals surface area contributed by atoms with Gasteiger partial charge in [0, 0.05) is 11.4 Å². The van der Waals surface area contributed by atoms with Crippen LogP contribution in [0.4, 0.5) is 0 Å². The molecule has 0 fully saturated rings. The molecule has 0 amide bonds. The molecular weight excluding hydrogens is 232 g/mol. The predicted octanol–water partition coefficient (Wildman–Crippen LogP) is 2.56. The molecule has 5 heteroatoms. The Labute approximate surface area is 105 Å². The summed E-state index contributed by atoms with van der Waals surface area (Å²) >= 11 is 1.61. The zero-order chi connectivity index (χ0) is 12.3. The Kier molecular flexibility index (Phi) is 3.58. The van der Waals surface area contributed by atoms with Crippen LogP contribution in [-0.4, -0.2) is 25.7 Å². The van der Waals surface area contributed by atoms with Gasteiger partial charge in [0.1, 0.15) is 5.03 Å². The van der Waals surface area contributed by atoms with Gasteiger partial charge < -0.3 is 0 Å². The smallest absolute Gasteiger partial charge is 0.175 e. The summed E-state index contributed by atoms with van der Waals surface area (Å²) in [6.07, 6.45) is 1.85. The average Bonchev–Trinajstić information content (AvgIpc) is 2.66. The summed E-state index contributed by atoms with van der Waals surface area (Å²) in [6, 6.07) is 5.90. The molecule has 0 N–H and O–H groups in total. The van der Waals surface area contributed by atoms with E-state index in [9.17, 15) is 0 Å². The van der Waals surface area contributed by atoms with E-state index in [2.05, 4.69) is 21.9 Å². The molecule has 17 heavy (non-hydrogen) atoms. The minimum absolute atomic E-state index is 0.749. The normalized spacial score (nSPS) is 10.5. The molecule has 0 radical (unpaired) electrons. The molecule has 0 aliphatic carbocycles. The highest BCUT2D eigenvalue weighted by molar-refractivity contribution is 7.99. The monoisotopic (exact) mass is 246 g/mol. The molecule has 2 heterocycles. The standard InChI is InChI=1S/C12H14N4S/c1-4-7-17-12-6-5-11(13-14-12)16-10(3)8-9(2)15-16/h4-6,8H,1,7H2,2-3H3. The van der Waals surface area contributed by atoms with Crippen molar-refractivity contribution in [1.82, 2.24) is 20.0 Å². The van der Waals surface area contributed by atoms with E-state index >= 15 is 0 Å². The second-order valence-corrected chi connectivity index (χ2v) is 4.71. The second kappa shape index (κ2) is 5.14. The minimum atomic E-state index is 0.749. The van der Waals surface area contributed by atoms with Crippen LogP contribution in [0.15, 0.2) is 35.9 Å². The van der Waals surface area contributed by atoms with Gasteiger partial charge in [0.15, 0.2) is 5.82 Å². The Balaban J connectivity index is 2.23. The van der Waals surface area contributed by atoms with Crippen molar-refractivity contribution in [2.45, 2.75) is 18.9 Å². The zero-order valence-corrected chi connectivity index (χ0v) is 10.7. The SMILES string of the molecule is C=CCSc1ccc(-n2nc(C)cc2C)nn1.